The van der Waals surface area contributed by atoms with Gasteiger partial charge in [-0.2, -0.15) is 5.10 Å². The van der Waals surface area contributed by atoms with E-state index in [1.807, 2.05) is 36.4 Å². The van der Waals surface area contributed by atoms with Crippen LogP contribution in [0.25, 0.3) is 0 Å². The SMILES string of the molecule is CC(C)(C)c1ccc(CC(=O)N/N=C\c2ccc(OCc3ccc(Cl)cc3Cl)c(Br)c2)cc1. The fraction of sp³-hybridized carbons (Fsp3) is 0.231. The number of hydrogen-bond donors (Lipinski definition) is 1. The van der Waals surface area contributed by atoms with Gasteiger partial charge in [0.15, 0.2) is 0 Å². The standard InChI is InChI=1S/C26H25BrCl2N2O2/c1-26(2,3)20-8-4-17(5-9-20)13-25(32)31-30-15-18-6-11-24(22(27)12-18)33-16-19-7-10-21(28)14-23(19)29/h4-12,14-15H,13,16H2,1-3H3,(H,31,32)/b30-15-. The molecule has 3 aromatic rings. The Hall–Kier alpha value is -2.34. The number of carbonyl (C=O) groups is 1. The molecule has 0 bridgehead atoms. The van der Waals surface area contributed by atoms with Crippen molar-refractivity contribution in [2.24, 2.45) is 5.10 Å². The van der Waals surface area contributed by atoms with Gasteiger partial charge in [0, 0.05) is 15.6 Å². The van der Waals surface area contributed by atoms with E-state index in [9.17, 15) is 4.79 Å². The summed E-state index contributed by atoms with van der Waals surface area (Å²) in [4.78, 5) is 12.2. The molecule has 0 aromatic heterocycles. The molecule has 0 unspecified atom stereocenters. The van der Waals surface area contributed by atoms with E-state index in [-0.39, 0.29) is 17.7 Å². The van der Waals surface area contributed by atoms with Crippen LogP contribution < -0.4 is 10.2 Å². The van der Waals surface area contributed by atoms with Gasteiger partial charge >= 0.3 is 0 Å². The van der Waals surface area contributed by atoms with Crippen LogP contribution in [0.4, 0.5) is 0 Å². The van der Waals surface area contributed by atoms with Crippen molar-refractivity contribution in [2.45, 2.75) is 39.2 Å². The molecule has 3 aromatic carbocycles. The highest BCUT2D eigenvalue weighted by Crippen LogP contribution is 2.28. The summed E-state index contributed by atoms with van der Waals surface area (Å²) in [6.45, 7) is 6.80. The lowest BCUT2D eigenvalue weighted by atomic mass is 9.86. The number of benzene rings is 3. The van der Waals surface area contributed by atoms with E-state index in [1.54, 1.807) is 18.3 Å². The van der Waals surface area contributed by atoms with E-state index in [2.05, 4.69) is 59.4 Å². The summed E-state index contributed by atoms with van der Waals surface area (Å²) in [5.74, 6) is 0.495. The minimum Gasteiger partial charge on any atom is -0.488 e. The zero-order chi connectivity index (χ0) is 24.0. The third-order valence-corrected chi connectivity index (χ3v) is 6.15. The van der Waals surface area contributed by atoms with Crippen molar-refractivity contribution >= 4 is 51.3 Å². The Kier molecular flexibility index (Phi) is 8.57. The van der Waals surface area contributed by atoms with Crippen LogP contribution in [-0.2, 0) is 23.2 Å². The van der Waals surface area contributed by atoms with Crippen molar-refractivity contribution in [1.29, 1.82) is 0 Å². The third kappa shape index (κ3) is 7.60. The summed E-state index contributed by atoms with van der Waals surface area (Å²) in [5.41, 5.74) is 6.50. The maximum atomic E-state index is 12.2. The van der Waals surface area contributed by atoms with Crippen LogP contribution in [0.3, 0.4) is 0 Å². The Bertz CT molecular complexity index is 1160. The van der Waals surface area contributed by atoms with Crippen LogP contribution in [0.5, 0.6) is 5.75 Å². The van der Waals surface area contributed by atoms with Gasteiger partial charge < -0.3 is 4.74 Å². The molecule has 1 amide bonds. The monoisotopic (exact) mass is 546 g/mol. The molecule has 172 valence electrons. The second kappa shape index (κ2) is 11.2. The molecule has 0 atom stereocenters. The molecular formula is C26H25BrCl2N2O2. The van der Waals surface area contributed by atoms with Crippen LogP contribution in [-0.4, -0.2) is 12.1 Å². The molecular weight excluding hydrogens is 523 g/mol. The minimum atomic E-state index is -0.173. The van der Waals surface area contributed by atoms with Crippen molar-refractivity contribution in [3.05, 3.63) is 97.4 Å². The van der Waals surface area contributed by atoms with Gasteiger partial charge in [-0.15, -0.1) is 0 Å². The highest BCUT2D eigenvalue weighted by atomic mass is 79.9. The molecule has 0 heterocycles. The van der Waals surface area contributed by atoms with Gasteiger partial charge in [-0.1, -0.05) is 74.3 Å². The highest BCUT2D eigenvalue weighted by Gasteiger charge is 2.13. The lowest BCUT2D eigenvalue weighted by Gasteiger charge is -2.19. The topological polar surface area (TPSA) is 50.7 Å². The minimum absolute atomic E-state index is 0.0862. The zero-order valence-corrected chi connectivity index (χ0v) is 21.8. The maximum Gasteiger partial charge on any atom is 0.244 e. The van der Waals surface area contributed by atoms with Crippen molar-refractivity contribution in [3.8, 4) is 5.75 Å². The number of nitrogens with one attached hydrogen (secondary N) is 1. The Morgan fingerprint density at radius 1 is 1.06 bits per heavy atom. The van der Waals surface area contributed by atoms with E-state index in [4.69, 9.17) is 27.9 Å². The average molecular weight is 548 g/mol. The molecule has 7 heteroatoms. The number of rotatable bonds is 7. The van der Waals surface area contributed by atoms with E-state index in [0.717, 1.165) is 21.2 Å². The third-order valence-electron chi connectivity index (χ3n) is 4.94. The van der Waals surface area contributed by atoms with Gasteiger partial charge in [-0.05, 0) is 68.4 Å². The summed E-state index contributed by atoms with van der Waals surface area (Å²) in [6.07, 6.45) is 1.86. The van der Waals surface area contributed by atoms with Crippen LogP contribution in [0.1, 0.15) is 43.0 Å². The first-order valence-corrected chi connectivity index (χ1v) is 11.9. The molecule has 0 aliphatic carbocycles. The van der Waals surface area contributed by atoms with Gasteiger partial charge in [0.25, 0.3) is 0 Å². The second-order valence-corrected chi connectivity index (χ2v) is 10.3. The van der Waals surface area contributed by atoms with Crippen molar-refractivity contribution in [2.75, 3.05) is 0 Å². The van der Waals surface area contributed by atoms with Gasteiger partial charge in [-0.3, -0.25) is 4.79 Å². The van der Waals surface area contributed by atoms with Crippen LogP contribution in [0.15, 0.2) is 70.2 Å². The predicted octanol–water partition coefficient (Wildman–Crippen LogP) is 7.33. The lowest BCUT2D eigenvalue weighted by molar-refractivity contribution is -0.120. The molecule has 0 saturated heterocycles. The number of halogens is 3. The summed E-state index contributed by atoms with van der Waals surface area (Å²) in [5, 5.41) is 5.20. The Balaban J connectivity index is 1.52. The molecule has 4 nitrogen and oxygen atoms in total. The normalized spacial score (nSPS) is 11.6. The first-order valence-electron chi connectivity index (χ1n) is 10.4. The second-order valence-electron chi connectivity index (χ2n) is 8.63. The number of nitrogens with zero attached hydrogens (tertiary/aromatic N) is 1. The van der Waals surface area contributed by atoms with Gasteiger partial charge in [-0.25, -0.2) is 5.43 Å². The summed E-state index contributed by atoms with van der Waals surface area (Å²) in [7, 11) is 0. The maximum absolute atomic E-state index is 12.2. The van der Waals surface area contributed by atoms with Crippen LogP contribution >= 0.6 is 39.1 Å². The molecule has 0 fully saturated rings. The summed E-state index contributed by atoms with van der Waals surface area (Å²) in [6, 6.07) is 18.9. The molecule has 0 spiro atoms. The van der Waals surface area contributed by atoms with Gasteiger partial charge in [0.05, 0.1) is 17.1 Å². The Morgan fingerprint density at radius 3 is 2.42 bits per heavy atom. The summed E-state index contributed by atoms with van der Waals surface area (Å²) < 4.78 is 6.61. The molecule has 0 radical (unpaired) electrons. The summed E-state index contributed by atoms with van der Waals surface area (Å²) >= 11 is 15.6. The molecule has 1 N–H and O–H groups in total. The molecule has 3 rings (SSSR count). The lowest BCUT2D eigenvalue weighted by Crippen LogP contribution is -2.20. The quantitative estimate of drug-likeness (QED) is 0.249. The predicted molar refractivity (Wildman–Crippen MR) is 140 cm³/mol. The molecule has 0 aliphatic rings. The van der Waals surface area contributed by atoms with E-state index in [1.165, 1.54) is 5.56 Å². The van der Waals surface area contributed by atoms with E-state index < -0.39 is 0 Å². The first-order chi connectivity index (χ1) is 15.6. The highest BCUT2D eigenvalue weighted by molar-refractivity contribution is 9.10. The van der Waals surface area contributed by atoms with E-state index >= 15 is 0 Å². The Morgan fingerprint density at radius 2 is 1.79 bits per heavy atom. The van der Waals surface area contributed by atoms with Crippen LogP contribution in [0.2, 0.25) is 10.0 Å². The van der Waals surface area contributed by atoms with Crippen LogP contribution in [0, 0.1) is 0 Å². The number of ether oxygens (including phenoxy) is 1. The number of amides is 1. The fourth-order valence-electron chi connectivity index (χ4n) is 3.04. The number of hydrogen-bond acceptors (Lipinski definition) is 3. The molecule has 33 heavy (non-hydrogen) atoms. The largest absolute Gasteiger partial charge is 0.488 e. The Labute approximate surface area is 213 Å². The average Bonchev–Trinajstić information content (AvgIpc) is 2.74. The van der Waals surface area contributed by atoms with E-state index in [0.29, 0.717) is 22.4 Å². The van der Waals surface area contributed by atoms with Gasteiger partial charge in [0.2, 0.25) is 5.91 Å². The smallest absolute Gasteiger partial charge is 0.244 e. The molecule has 0 saturated carbocycles. The van der Waals surface area contributed by atoms with Gasteiger partial charge in [0.1, 0.15) is 12.4 Å². The number of carbonyl (C=O) groups excluding carboxylic acids is 1. The fourth-order valence-corrected chi connectivity index (χ4v) is 4.01. The van der Waals surface area contributed by atoms with Crippen molar-refractivity contribution < 1.29 is 9.53 Å². The number of hydrazone groups is 1. The first kappa shape index (κ1) is 25.3. The van der Waals surface area contributed by atoms with Crippen molar-refractivity contribution in [3.63, 3.8) is 0 Å². The zero-order valence-electron chi connectivity index (χ0n) is 18.7. The van der Waals surface area contributed by atoms with Crippen molar-refractivity contribution in [1.82, 2.24) is 5.43 Å². The molecule has 0 aliphatic heterocycles.